The predicted molar refractivity (Wildman–Crippen MR) is 82.4 cm³/mol. The van der Waals surface area contributed by atoms with E-state index < -0.39 is 10.0 Å². The van der Waals surface area contributed by atoms with Crippen molar-refractivity contribution in [3.63, 3.8) is 0 Å². The first kappa shape index (κ1) is 14.4. The average molecular weight is 290 g/mol. The molecule has 5 heteroatoms. The molecule has 0 heterocycles. The van der Waals surface area contributed by atoms with Crippen LogP contribution in [-0.4, -0.2) is 15.5 Å². The molecule has 0 saturated carbocycles. The van der Waals surface area contributed by atoms with Crippen LogP contribution in [-0.2, 0) is 10.0 Å². The average Bonchev–Trinajstić information content (AvgIpc) is 2.41. The van der Waals surface area contributed by atoms with Gasteiger partial charge in [0.05, 0.1) is 10.6 Å². The van der Waals surface area contributed by atoms with E-state index in [4.69, 9.17) is 5.73 Å². The maximum atomic E-state index is 12.7. The molecule has 2 N–H and O–H groups in total. The van der Waals surface area contributed by atoms with E-state index >= 15 is 0 Å². The predicted octanol–water partition coefficient (Wildman–Crippen LogP) is 2.71. The van der Waals surface area contributed by atoms with E-state index in [0.717, 1.165) is 5.56 Å². The molecule has 0 amide bonds. The molecule has 106 valence electrons. The molecule has 0 aliphatic rings. The number of hydrogen-bond donors (Lipinski definition) is 1. The highest BCUT2D eigenvalue weighted by Gasteiger charge is 2.24. The summed E-state index contributed by atoms with van der Waals surface area (Å²) in [6.45, 7) is 3.60. The van der Waals surface area contributed by atoms with E-state index in [1.54, 1.807) is 38.2 Å². The van der Waals surface area contributed by atoms with Gasteiger partial charge in [0.25, 0.3) is 10.0 Å². The smallest absolute Gasteiger partial charge is 0.264 e. The molecule has 0 unspecified atom stereocenters. The molecule has 0 saturated heterocycles. The minimum atomic E-state index is -3.61. The summed E-state index contributed by atoms with van der Waals surface area (Å²) < 4.78 is 26.8. The zero-order chi connectivity index (χ0) is 14.9. The Bertz CT molecular complexity index is 739. The Balaban J connectivity index is 2.56. The Kier molecular flexibility index (Phi) is 3.72. The van der Waals surface area contributed by atoms with Gasteiger partial charge in [0.15, 0.2) is 0 Å². The lowest BCUT2D eigenvalue weighted by Crippen LogP contribution is -2.28. The number of para-hydroxylation sites is 1. The number of hydrogen-bond acceptors (Lipinski definition) is 3. The van der Waals surface area contributed by atoms with E-state index in [1.165, 1.54) is 4.31 Å². The van der Waals surface area contributed by atoms with Crippen molar-refractivity contribution < 1.29 is 8.42 Å². The first-order chi connectivity index (χ1) is 9.35. The van der Waals surface area contributed by atoms with Crippen molar-refractivity contribution in [3.05, 3.63) is 53.6 Å². The maximum Gasteiger partial charge on any atom is 0.264 e. The van der Waals surface area contributed by atoms with Crippen molar-refractivity contribution in [1.29, 1.82) is 0 Å². The monoisotopic (exact) mass is 290 g/mol. The lowest BCUT2D eigenvalue weighted by atomic mass is 10.2. The molecule has 20 heavy (non-hydrogen) atoms. The summed E-state index contributed by atoms with van der Waals surface area (Å²) in [6, 6.07) is 12.3. The van der Waals surface area contributed by atoms with Crippen molar-refractivity contribution in [2.24, 2.45) is 0 Å². The first-order valence-electron chi connectivity index (χ1n) is 6.25. The lowest BCUT2D eigenvalue weighted by Gasteiger charge is -2.22. The van der Waals surface area contributed by atoms with Gasteiger partial charge in [-0.25, -0.2) is 8.42 Å². The molecule has 0 atom stereocenters. The number of nitrogen functional groups attached to an aromatic ring is 1. The van der Waals surface area contributed by atoms with Crippen LogP contribution < -0.4 is 10.0 Å². The van der Waals surface area contributed by atoms with Crippen LogP contribution in [0.25, 0.3) is 0 Å². The van der Waals surface area contributed by atoms with Crippen LogP contribution in [0.5, 0.6) is 0 Å². The van der Waals surface area contributed by atoms with Gasteiger partial charge < -0.3 is 5.73 Å². The lowest BCUT2D eigenvalue weighted by molar-refractivity contribution is 0.593. The summed E-state index contributed by atoms with van der Waals surface area (Å²) >= 11 is 0. The van der Waals surface area contributed by atoms with E-state index in [0.29, 0.717) is 16.9 Å². The number of anilines is 2. The summed E-state index contributed by atoms with van der Waals surface area (Å²) in [7, 11) is -2.06. The molecule has 4 nitrogen and oxygen atoms in total. The molecule has 0 aliphatic carbocycles. The minimum Gasteiger partial charge on any atom is -0.398 e. The first-order valence-corrected chi connectivity index (χ1v) is 7.69. The quantitative estimate of drug-likeness (QED) is 0.884. The topological polar surface area (TPSA) is 63.4 Å². The fourth-order valence-corrected chi connectivity index (χ4v) is 3.62. The number of benzene rings is 2. The molecule has 2 aromatic carbocycles. The van der Waals surface area contributed by atoms with Crippen molar-refractivity contribution in [2.45, 2.75) is 18.7 Å². The fourth-order valence-electron chi connectivity index (χ4n) is 2.10. The Morgan fingerprint density at radius 2 is 1.65 bits per heavy atom. The number of nitrogens with two attached hydrogens (primary N) is 1. The maximum absolute atomic E-state index is 12.7. The van der Waals surface area contributed by atoms with Crippen LogP contribution in [0.4, 0.5) is 11.4 Å². The molecule has 0 spiro atoms. The third-order valence-electron chi connectivity index (χ3n) is 3.42. The summed E-state index contributed by atoms with van der Waals surface area (Å²) in [5.41, 5.74) is 8.42. The van der Waals surface area contributed by atoms with Crippen molar-refractivity contribution in [2.75, 3.05) is 17.1 Å². The second kappa shape index (κ2) is 5.17. The van der Waals surface area contributed by atoms with Gasteiger partial charge in [0.1, 0.15) is 0 Å². The summed E-state index contributed by atoms with van der Waals surface area (Å²) in [5, 5.41) is 0. The molecule has 2 rings (SSSR count). The van der Waals surface area contributed by atoms with Gasteiger partial charge in [-0.2, -0.15) is 0 Å². The third-order valence-corrected chi connectivity index (χ3v) is 5.33. The van der Waals surface area contributed by atoms with Crippen LogP contribution in [0.1, 0.15) is 11.1 Å². The van der Waals surface area contributed by atoms with E-state index in [-0.39, 0.29) is 4.90 Å². The van der Waals surface area contributed by atoms with Gasteiger partial charge in [-0.3, -0.25) is 4.31 Å². The molecule has 0 aliphatic heterocycles. The normalized spacial score (nSPS) is 11.3. The van der Waals surface area contributed by atoms with Gasteiger partial charge in [0, 0.05) is 12.7 Å². The highest BCUT2D eigenvalue weighted by Crippen LogP contribution is 2.28. The van der Waals surface area contributed by atoms with Crippen molar-refractivity contribution >= 4 is 21.4 Å². The van der Waals surface area contributed by atoms with Gasteiger partial charge in [0.2, 0.25) is 0 Å². The van der Waals surface area contributed by atoms with Gasteiger partial charge in [-0.1, -0.05) is 24.3 Å². The highest BCUT2D eigenvalue weighted by atomic mass is 32.2. The molecule has 0 fully saturated rings. The number of nitrogens with zero attached hydrogens (tertiary/aromatic N) is 1. The van der Waals surface area contributed by atoms with E-state index in [1.807, 2.05) is 25.1 Å². The van der Waals surface area contributed by atoms with Crippen molar-refractivity contribution in [1.82, 2.24) is 0 Å². The van der Waals surface area contributed by atoms with Crippen LogP contribution in [0.2, 0.25) is 0 Å². The highest BCUT2D eigenvalue weighted by molar-refractivity contribution is 7.92. The Labute approximate surface area is 119 Å². The second-order valence-corrected chi connectivity index (χ2v) is 6.67. The Hall–Kier alpha value is -2.01. The standard InChI is InChI=1S/C15H18N2O2S/c1-11-7-4-5-9-14(11)17(3)20(18,19)15-10-6-8-13(16)12(15)2/h4-10H,16H2,1-3H3. The number of rotatable bonds is 3. The summed E-state index contributed by atoms with van der Waals surface area (Å²) in [5.74, 6) is 0. The Morgan fingerprint density at radius 3 is 2.30 bits per heavy atom. The third kappa shape index (κ3) is 2.36. The van der Waals surface area contributed by atoms with E-state index in [2.05, 4.69) is 0 Å². The fraction of sp³-hybridized carbons (Fsp3) is 0.200. The second-order valence-electron chi connectivity index (χ2n) is 4.73. The van der Waals surface area contributed by atoms with Gasteiger partial charge >= 0.3 is 0 Å². The zero-order valence-electron chi connectivity index (χ0n) is 11.8. The van der Waals surface area contributed by atoms with E-state index in [9.17, 15) is 8.42 Å². The zero-order valence-corrected chi connectivity index (χ0v) is 12.6. The van der Waals surface area contributed by atoms with Gasteiger partial charge in [-0.05, 0) is 43.2 Å². The number of aryl methyl sites for hydroxylation is 1. The Morgan fingerprint density at radius 1 is 1.00 bits per heavy atom. The molecule has 0 aromatic heterocycles. The van der Waals surface area contributed by atoms with Crippen LogP contribution >= 0.6 is 0 Å². The molecular weight excluding hydrogens is 272 g/mol. The SMILES string of the molecule is Cc1ccccc1N(C)S(=O)(=O)c1cccc(N)c1C. The minimum absolute atomic E-state index is 0.239. The molecule has 0 bridgehead atoms. The van der Waals surface area contributed by atoms with Gasteiger partial charge in [-0.15, -0.1) is 0 Å². The molecular formula is C15H18N2O2S. The van der Waals surface area contributed by atoms with Crippen LogP contribution in [0, 0.1) is 13.8 Å². The largest absolute Gasteiger partial charge is 0.398 e. The molecule has 2 aromatic rings. The summed E-state index contributed by atoms with van der Waals surface area (Å²) in [4.78, 5) is 0.239. The van der Waals surface area contributed by atoms with Crippen LogP contribution in [0.3, 0.4) is 0 Å². The number of sulfonamides is 1. The van der Waals surface area contributed by atoms with Crippen LogP contribution in [0.15, 0.2) is 47.4 Å². The molecule has 0 radical (unpaired) electrons. The summed E-state index contributed by atoms with van der Waals surface area (Å²) in [6.07, 6.45) is 0. The van der Waals surface area contributed by atoms with Crippen molar-refractivity contribution in [3.8, 4) is 0 Å².